The largest absolute Gasteiger partial charge is 0.495 e. The molecule has 2 aromatic rings. The van der Waals surface area contributed by atoms with Crippen LogP contribution in [0.25, 0.3) is 0 Å². The molecule has 5 heteroatoms. The van der Waals surface area contributed by atoms with Crippen LogP contribution in [0, 0.1) is 0 Å². The van der Waals surface area contributed by atoms with Gasteiger partial charge in [0.05, 0.1) is 12.8 Å². The number of rotatable bonds is 5. The molecule has 0 bridgehead atoms. The molecule has 0 heterocycles. The van der Waals surface area contributed by atoms with E-state index in [0.29, 0.717) is 16.6 Å². The quantitative estimate of drug-likeness (QED) is 0.854. The molecular formula is C16H17ClN2OS. The van der Waals surface area contributed by atoms with E-state index in [1.807, 2.05) is 43.4 Å². The van der Waals surface area contributed by atoms with Crippen molar-refractivity contribution in [2.24, 2.45) is 5.73 Å². The van der Waals surface area contributed by atoms with Gasteiger partial charge in [0.25, 0.3) is 0 Å². The van der Waals surface area contributed by atoms with Crippen LogP contribution in [0.5, 0.6) is 5.75 Å². The molecule has 2 aromatic carbocycles. The van der Waals surface area contributed by atoms with Crippen molar-refractivity contribution in [3.63, 3.8) is 0 Å². The molecule has 0 saturated carbocycles. The summed E-state index contributed by atoms with van der Waals surface area (Å²) in [5, 5.41) is 0.655. The van der Waals surface area contributed by atoms with Gasteiger partial charge < -0.3 is 15.4 Å². The van der Waals surface area contributed by atoms with Gasteiger partial charge in [-0.3, -0.25) is 0 Å². The van der Waals surface area contributed by atoms with Crippen molar-refractivity contribution < 1.29 is 4.74 Å². The number of halogens is 1. The van der Waals surface area contributed by atoms with E-state index >= 15 is 0 Å². The number of nitrogens with two attached hydrogens (primary N) is 1. The number of ether oxygens (including phenoxy) is 1. The fourth-order valence-electron chi connectivity index (χ4n) is 2.11. The van der Waals surface area contributed by atoms with Gasteiger partial charge in [-0.05, 0) is 23.8 Å². The van der Waals surface area contributed by atoms with Gasteiger partial charge in [-0.1, -0.05) is 48.1 Å². The van der Waals surface area contributed by atoms with Crippen LogP contribution in [0.2, 0.25) is 5.02 Å². The van der Waals surface area contributed by atoms with E-state index in [-0.39, 0.29) is 0 Å². The normalized spacial score (nSPS) is 10.2. The molecule has 0 amide bonds. The molecule has 3 nitrogen and oxygen atoms in total. The van der Waals surface area contributed by atoms with Crippen LogP contribution in [0.15, 0.2) is 42.5 Å². The van der Waals surface area contributed by atoms with Crippen molar-refractivity contribution in [3.8, 4) is 5.75 Å². The minimum Gasteiger partial charge on any atom is -0.495 e. The van der Waals surface area contributed by atoms with Gasteiger partial charge in [-0.15, -0.1) is 0 Å². The Morgan fingerprint density at radius 1 is 1.29 bits per heavy atom. The highest BCUT2D eigenvalue weighted by atomic mass is 35.5. The number of anilines is 1. The molecule has 0 fully saturated rings. The smallest absolute Gasteiger partial charge is 0.142 e. The van der Waals surface area contributed by atoms with Gasteiger partial charge in [0.2, 0.25) is 0 Å². The lowest BCUT2D eigenvalue weighted by Crippen LogP contribution is -2.18. The standard InChI is InChI=1S/C16H17ClN2OS/c1-19(14-5-3-4-6-15(14)20-2)10-12-8-7-11(16(18)21)9-13(12)17/h3-9H,10H2,1-2H3,(H2,18,21). The third-order valence-corrected chi connectivity index (χ3v) is 3.83. The molecule has 0 saturated heterocycles. The molecule has 2 N–H and O–H groups in total. The Morgan fingerprint density at radius 3 is 2.62 bits per heavy atom. The third kappa shape index (κ3) is 3.65. The summed E-state index contributed by atoms with van der Waals surface area (Å²) < 4.78 is 5.38. The number of benzene rings is 2. The monoisotopic (exact) mass is 320 g/mol. The Labute approximate surface area is 135 Å². The highest BCUT2D eigenvalue weighted by Gasteiger charge is 2.10. The Hall–Kier alpha value is -1.78. The fourth-order valence-corrected chi connectivity index (χ4v) is 2.48. The number of para-hydroxylation sites is 2. The molecular weight excluding hydrogens is 304 g/mol. The van der Waals surface area contributed by atoms with Gasteiger partial charge in [-0.2, -0.15) is 0 Å². The van der Waals surface area contributed by atoms with Crippen LogP contribution >= 0.6 is 23.8 Å². The molecule has 0 atom stereocenters. The van der Waals surface area contributed by atoms with E-state index in [9.17, 15) is 0 Å². The molecule has 0 aliphatic carbocycles. The average molecular weight is 321 g/mol. The summed E-state index contributed by atoms with van der Waals surface area (Å²) in [7, 11) is 3.66. The Bertz CT molecular complexity index is 660. The Balaban J connectivity index is 2.23. The summed E-state index contributed by atoms with van der Waals surface area (Å²) in [5.74, 6) is 0.830. The molecule has 0 aliphatic heterocycles. The van der Waals surface area contributed by atoms with Gasteiger partial charge in [0.15, 0.2) is 0 Å². The van der Waals surface area contributed by atoms with E-state index in [1.165, 1.54) is 0 Å². The molecule has 0 spiro atoms. The number of methoxy groups -OCH3 is 1. The van der Waals surface area contributed by atoms with E-state index in [4.69, 9.17) is 34.3 Å². The zero-order valence-electron chi connectivity index (χ0n) is 12.0. The first-order chi connectivity index (χ1) is 10.0. The lowest BCUT2D eigenvalue weighted by Gasteiger charge is -2.22. The maximum Gasteiger partial charge on any atom is 0.142 e. The van der Waals surface area contributed by atoms with Gasteiger partial charge in [0, 0.05) is 24.2 Å². The molecule has 2 rings (SSSR count). The predicted molar refractivity (Wildman–Crippen MR) is 92.4 cm³/mol. The number of hydrogen-bond donors (Lipinski definition) is 1. The number of thiocarbonyl (C=S) groups is 1. The molecule has 21 heavy (non-hydrogen) atoms. The van der Waals surface area contributed by atoms with Crippen LogP contribution in [0.4, 0.5) is 5.69 Å². The van der Waals surface area contributed by atoms with Gasteiger partial charge in [-0.25, -0.2) is 0 Å². The minimum atomic E-state index is 0.349. The van der Waals surface area contributed by atoms with Crippen molar-refractivity contribution >= 4 is 34.5 Å². The summed E-state index contributed by atoms with van der Waals surface area (Å²) in [6.07, 6.45) is 0. The van der Waals surface area contributed by atoms with Crippen molar-refractivity contribution in [1.29, 1.82) is 0 Å². The molecule has 0 aromatic heterocycles. The number of nitrogens with zero attached hydrogens (tertiary/aromatic N) is 1. The predicted octanol–water partition coefficient (Wildman–Crippen LogP) is 3.62. The highest BCUT2D eigenvalue weighted by Crippen LogP contribution is 2.29. The second-order valence-electron chi connectivity index (χ2n) is 4.70. The topological polar surface area (TPSA) is 38.5 Å². The highest BCUT2D eigenvalue weighted by molar-refractivity contribution is 7.80. The van der Waals surface area contributed by atoms with E-state index < -0.39 is 0 Å². The fraction of sp³-hybridized carbons (Fsp3) is 0.188. The summed E-state index contributed by atoms with van der Waals surface area (Å²) in [4.78, 5) is 2.43. The van der Waals surface area contributed by atoms with Gasteiger partial charge in [0.1, 0.15) is 10.7 Å². The Morgan fingerprint density at radius 2 is 2.00 bits per heavy atom. The van der Waals surface area contributed by atoms with Crippen molar-refractivity contribution in [2.45, 2.75) is 6.54 Å². The van der Waals surface area contributed by atoms with Crippen molar-refractivity contribution in [2.75, 3.05) is 19.1 Å². The molecule has 0 radical (unpaired) electrons. The first-order valence-corrected chi connectivity index (χ1v) is 7.24. The average Bonchev–Trinajstić information content (AvgIpc) is 2.48. The summed E-state index contributed by atoms with van der Waals surface area (Å²) >= 11 is 11.3. The zero-order valence-corrected chi connectivity index (χ0v) is 13.5. The zero-order chi connectivity index (χ0) is 15.4. The summed E-state index contributed by atoms with van der Waals surface area (Å²) in [6, 6.07) is 13.5. The second-order valence-corrected chi connectivity index (χ2v) is 5.55. The molecule has 0 unspecified atom stereocenters. The van der Waals surface area contributed by atoms with Crippen molar-refractivity contribution in [3.05, 3.63) is 58.6 Å². The van der Waals surface area contributed by atoms with Crippen LogP contribution in [-0.2, 0) is 6.54 Å². The Kier molecular flexibility index (Phi) is 5.04. The van der Waals surface area contributed by atoms with E-state index in [2.05, 4.69) is 4.90 Å². The van der Waals surface area contributed by atoms with Gasteiger partial charge >= 0.3 is 0 Å². The third-order valence-electron chi connectivity index (χ3n) is 3.24. The molecule has 0 aliphatic rings. The first kappa shape index (κ1) is 15.6. The van der Waals surface area contributed by atoms with Crippen LogP contribution in [-0.4, -0.2) is 19.1 Å². The van der Waals surface area contributed by atoms with Crippen LogP contribution in [0.3, 0.4) is 0 Å². The van der Waals surface area contributed by atoms with E-state index in [0.717, 1.165) is 22.6 Å². The molecule has 110 valence electrons. The van der Waals surface area contributed by atoms with Crippen molar-refractivity contribution in [1.82, 2.24) is 0 Å². The van der Waals surface area contributed by atoms with Crippen LogP contribution in [0.1, 0.15) is 11.1 Å². The van der Waals surface area contributed by atoms with E-state index in [1.54, 1.807) is 13.2 Å². The SMILES string of the molecule is COc1ccccc1N(C)Cc1ccc(C(N)=S)cc1Cl. The summed E-state index contributed by atoms with van der Waals surface area (Å²) in [6.45, 7) is 0.664. The minimum absolute atomic E-state index is 0.349. The second kappa shape index (κ2) is 6.78. The first-order valence-electron chi connectivity index (χ1n) is 6.45. The number of hydrogen-bond acceptors (Lipinski definition) is 3. The van der Waals surface area contributed by atoms with Crippen LogP contribution < -0.4 is 15.4 Å². The maximum atomic E-state index is 6.31. The maximum absolute atomic E-state index is 6.31. The lowest BCUT2D eigenvalue weighted by atomic mass is 10.1. The summed E-state index contributed by atoms with van der Waals surface area (Å²) in [5.41, 5.74) is 8.40. The lowest BCUT2D eigenvalue weighted by molar-refractivity contribution is 0.415.